The van der Waals surface area contributed by atoms with E-state index in [0.29, 0.717) is 16.8 Å². The van der Waals surface area contributed by atoms with Crippen LogP contribution in [0.4, 0.5) is 10.1 Å². The van der Waals surface area contributed by atoms with Gasteiger partial charge in [-0.25, -0.2) is 4.39 Å². The van der Waals surface area contributed by atoms with Gasteiger partial charge in [-0.05, 0) is 44.1 Å². The summed E-state index contributed by atoms with van der Waals surface area (Å²) in [5.41, 5.74) is 7.24. The van der Waals surface area contributed by atoms with Gasteiger partial charge in [-0.15, -0.1) is 0 Å². The van der Waals surface area contributed by atoms with E-state index < -0.39 is 5.82 Å². The van der Waals surface area contributed by atoms with Crippen molar-refractivity contribution in [2.24, 2.45) is 0 Å². The first-order valence-electron chi connectivity index (χ1n) is 8.75. The molecule has 0 radical (unpaired) electrons. The molecule has 8 heteroatoms. The Hall–Kier alpha value is -3.00. The highest BCUT2D eigenvalue weighted by Gasteiger charge is 2.23. The van der Waals surface area contributed by atoms with Gasteiger partial charge in [0.05, 0.1) is 6.07 Å². The topological polar surface area (TPSA) is 104 Å². The number of hydrogen-bond acceptors (Lipinski definition) is 5. The van der Waals surface area contributed by atoms with Gasteiger partial charge in [0.15, 0.2) is 0 Å². The van der Waals surface area contributed by atoms with Crippen LogP contribution in [0.5, 0.6) is 0 Å². The third-order valence-corrected chi connectivity index (χ3v) is 4.59. The molecule has 2 heterocycles. The van der Waals surface area contributed by atoms with Crippen molar-refractivity contribution in [3.8, 4) is 0 Å². The van der Waals surface area contributed by atoms with Gasteiger partial charge in [-0.2, -0.15) is 0 Å². The Morgan fingerprint density at radius 2 is 2.07 bits per heavy atom. The number of rotatable bonds is 5. The van der Waals surface area contributed by atoms with Crippen LogP contribution in [-0.2, 0) is 0 Å². The minimum absolute atomic E-state index is 0.0367. The minimum Gasteiger partial charge on any atom is -0.398 e. The van der Waals surface area contributed by atoms with E-state index in [1.807, 2.05) is 0 Å². The number of halogens is 1. The summed E-state index contributed by atoms with van der Waals surface area (Å²) in [5, 5.41) is 14.7. The quantitative estimate of drug-likeness (QED) is 0.351. The van der Waals surface area contributed by atoms with Crippen molar-refractivity contribution in [3.05, 3.63) is 59.2 Å². The minimum atomic E-state index is -0.499. The molecule has 0 unspecified atom stereocenters. The summed E-state index contributed by atoms with van der Waals surface area (Å²) in [6.07, 6.45) is 3.13. The molecule has 0 spiro atoms. The highest BCUT2D eigenvalue weighted by atomic mass is 19.1. The van der Waals surface area contributed by atoms with Crippen LogP contribution in [0.25, 0.3) is 0 Å². The van der Waals surface area contributed by atoms with E-state index in [9.17, 15) is 9.18 Å². The first kappa shape index (κ1) is 18.8. The highest BCUT2D eigenvalue weighted by molar-refractivity contribution is 6.13. The van der Waals surface area contributed by atoms with Crippen LogP contribution in [-0.4, -0.2) is 37.9 Å². The fourth-order valence-electron chi connectivity index (χ4n) is 3.09. The number of nitrogens with zero attached hydrogens (tertiary/aromatic N) is 1. The number of nitrogen functional groups attached to an aromatic ring is 1. The molecule has 3 rings (SSSR count). The van der Waals surface area contributed by atoms with Gasteiger partial charge in [0.1, 0.15) is 18.6 Å². The molecule has 1 saturated heterocycles. The monoisotopic (exact) mass is 372 g/mol. The van der Waals surface area contributed by atoms with Crippen LogP contribution < -0.4 is 25.9 Å². The molecule has 1 amide bonds. The molecule has 1 aliphatic heterocycles. The summed E-state index contributed by atoms with van der Waals surface area (Å²) < 4.78 is 14.9. The third kappa shape index (κ3) is 4.22. The molecular formula is C19H23FN5O2+. The molecule has 1 aromatic carbocycles. The Morgan fingerprint density at radius 3 is 2.78 bits per heavy atom. The second-order valence-corrected chi connectivity index (χ2v) is 6.41. The first-order chi connectivity index (χ1) is 13.0. The van der Waals surface area contributed by atoms with Gasteiger partial charge in [-0.1, -0.05) is 0 Å². The lowest BCUT2D eigenvalue weighted by Gasteiger charge is -2.23. The lowest BCUT2D eigenvalue weighted by atomic mass is 10.0. The van der Waals surface area contributed by atoms with Crippen molar-refractivity contribution in [1.29, 1.82) is 5.41 Å². The Balaban J connectivity index is 1.88. The number of aromatic nitrogens is 1. The second kappa shape index (κ2) is 8.13. The largest absolute Gasteiger partial charge is 0.398 e. The van der Waals surface area contributed by atoms with Crippen molar-refractivity contribution in [2.75, 3.05) is 25.9 Å². The van der Waals surface area contributed by atoms with Gasteiger partial charge < -0.3 is 16.4 Å². The molecule has 0 saturated carbocycles. The number of nitrogens with two attached hydrogens (primary N) is 1. The number of anilines is 1. The van der Waals surface area contributed by atoms with Crippen molar-refractivity contribution in [2.45, 2.75) is 18.9 Å². The van der Waals surface area contributed by atoms with Crippen LogP contribution in [0.3, 0.4) is 0 Å². The maximum absolute atomic E-state index is 13.7. The highest BCUT2D eigenvalue weighted by Crippen LogP contribution is 2.18. The molecule has 2 aromatic rings. The van der Waals surface area contributed by atoms with Gasteiger partial charge >= 0.3 is 0 Å². The van der Waals surface area contributed by atoms with Gasteiger partial charge in [0.25, 0.3) is 11.6 Å². The number of nitrogens with one attached hydrogen (secondary N) is 3. The Bertz CT molecular complexity index is 865. The van der Waals surface area contributed by atoms with Gasteiger partial charge in [0, 0.05) is 33.7 Å². The van der Waals surface area contributed by atoms with E-state index in [0.717, 1.165) is 25.9 Å². The Labute approximate surface area is 156 Å². The van der Waals surface area contributed by atoms with Gasteiger partial charge in [-0.3, -0.25) is 15.0 Å². The maximum Gasteiger partial charge on any atom is 0.285 e. The average Bonchev–Trinajstić information content (AvgIpc) is 2.68. The zero-order chi connectivity index (χ0) is 19.4. The molecule has 1 fully saturated rings. The van der Waals surface area contributed by atoms with E-state index in [1.54, 1.807) is 18.2 Å². The average molecular weight is 372 g/mol. The van der Waals surface area contributed by atoms with Crippen LogP contribution in [0.2, 0.25) is 0 Å². The van der Waals surface area contributed by atoms with E-state index in [-0.39, 0.29) is 23.4 Å². The molecule has 0 atom stereocenters. The summed E-state index contributed by atoms with van der Waals surface area (Å²) in [7, 11) is 1.42. The standard InChI is InChI=1S/C19H22FN5O2/c1-27-25-9-6-13(20)11-17(25)18(22)15-10-12(2-3-16(15)21)19(26)24-14-4-7-23-8-5-14/h2-3,6,9-11,14,23H,4-5,7-8H2,1H3,(H3-,21,22,24,26)/p+1. The van der Waals surface area contributed by atoms with E-state index in [1.165, 1.54) is 30.2 Å². The number of benzene rings is 1. The molecule has 0 bridgehead atoms. The van der Waals surface area contributed by atoms with Crippen molar-refractivity contribution in [1.82, 2.24) is 10.6 Å². The zero-order valence-corrected chi connectivity index (χ0v) is 15.1. The third-order valence-electron chi connectivity index (χ3n) is 4.59. The predicted octanol–water partition coefficient (Wildman–Crippen LogP) is 0.652. The molecule has 7 nitrogen and oxygen atoms in total. The van der Waals surface area contributed by atoms with E-state index in [4.69, 9.17) is 16.0 Å². The molecule has 1 aliphatic rings. The molecule has 1 aromatic heterocycles. The summed E-state index contributed by atoms with van der Waals surface area (Å²) in [5.74, 6) is -0.712. The van der Waals surface area contributed by atoms with Gasteiger partial charge in [0.2, 0.25) is 6.20 Å². The lowest BCUT2D eigenvalue weighted by Crippen LogP contribution is -2.46. The molecule has 5 N–H and O–H groups in total. The molecule has 0 aliphatic carbocycles. The lowest BCUT2D eigenvalue weighted by molar-refractivity contribution is -0.886. The number of hydrogen-bond donors (Lipinski definition) is 4. The van der Waals surface area contributed by atoms with Crippen LogP contribution in [0.1, 0.15) is 34.5 Å². The zero-order valence-electron chi connectivity index (χ0n) is 15.1. The van der Waals surface area contributed by atoms with Crippen molar-refractivity contribution in [3.63, 3.8) is 0 Å². The van der Waals surface area contributed by atoms with Crippen LogP contribution in [0.15, 0.2) is 36.5 Å². The molecule has 27 heavy (non-hydrogen) atoms. The smallest absolute Gasteiger partial charge is 0.285 e. The SMILES string of the molecule is CO[n+]1ccc(F)cc1C(=N)c1cc(C(=O)NC2CCNCC2)ccc1N. The number of pyridine rings is 1. The molecule has 142 valence electrons. The maximum atomic E-state index is 13.7. The Morgan fingerprint density at radius 1 is 1.33 bits per heavy atom. The van der Waals surface area contributed by atoms with Crippen molar-refractivity contribution >= 4 is 17.3 Å². The van der Waals surface area contributed by atoms with E-state index in [2.05, 4.69) is 10.6 Å². The van der Waals surface area contributed by atoms with Crippen LogP contribution in [0, 0.1) is 11.2 Å². The number of carbonyl (C=O) groups excluding carboxylic acids is 1. The normalized spacial score (nSPS) is 14.6. The molecular weight excluding hydrogens is 349 g/mol. The van der Waals surface area contributed by atoms with E-state index >= 15 is 0 Å². The summed E-state index contributed by atoms with van der Waals surface area (Å²) in [6.45, 7) is 1.75. The first-order valence-corrected chi connectivity index (χ1v) is 8.75. The summed E-state index contributed by atoms with van der Waals surface area (Å²) in [6, 6.07) is 7.30. The second-order valence-electron chi connectivity index (χ2n) is 6.41. The number of carbonyl (C=O) groups is 1. The fraction of sp³-hybridized carbons (Fsp3) is 0.316. The van der Waals surface area contributed by atoms with Crippen molar-refractivity contribution < 1.29 is 18.8 Å². The number of amides is 1. The summed E-state index contributed by atoms with van der Waals surface area (Å²) in [4.78, 5) is 17.7. The fourth-order valence-corrected chi connectivity index (χ4v) is 3.09. The number of piperidine rings is 1. The summed E-state index contributed by atoms with van der Waals surface area (Å²) >= 11 is 0. The van der Waals surface area contributed by atoms with Crippen LogP contribution >= 0.6 is 0 Å². The Kier molecular flexibility index (Phi) is 5.66. The predicted molar refractivity (Wildman–Crippen MR) is 99.2 cm³/mol.